The number of anilines is 2. The van der Waals surface area contributed by atoms with Gasteiger partial charge in [-0.25, -0.2) is 9.78 Å². The zero-order valence-electron chi connectivity index (χ0n) is 13.9. The zero-order valence-corrected chi connectivity index (χ0v) is 13.9. The number of rotatable bonds is 6. The van der Waals surface area contributed by atoms with Crippen LogP contribution in [0.2, 0.25) is 0 Å². The van der Waals surface area contributed by atoms with Gasteiger partial charge in [-0.3, -0.25) is 0 Å². The molecule has 7 nitrogen and oxygen atoms in total. The van der Waals surface area contributed by atoms with Crippen molar-refractivity contribution in [1.82, 2.24) is 10.1 Å². The summed E-state index contributed by atoms with van der Waals surface area (Å²) in [5.74, 6) is 1.18. The van der Waals surface area contributed by atoms with Gasteiger partial charge in [0.2, 0.25) is 0 Å². The molecule has 0 saturated carbocycles. The van der Waals surface area contributed by atoms with Crippen molar-refractivity contribution in [3.05, 3.63) is 65.7 Å². The van der Waals surface area contributed by atoms with E-state index in [0.29, 0.717) is 34.3 Å². The third kappa shape index (κ3) is 3.95. The first-order valence-corrected chi connectivity index (χ1v) is 7.62. The third-order valence-corrected chi connectivity index (χ3v) is 3.42. The Morgan fingerprint density at radius 3 is 2.84 bits per heavy atom. The van der Waals surface area contributed by atoms with E-state index in [9.17, 15) is 4.79 Å². The summed E-state index contributed by atoms with van der Waals surface area (Å²) in [6, 6.07) is 12.4. The highest BCUT2D eigenvalue weighted by Gasteiger charge is 2.16. The molecule has 0 amide bonds. The molecule has 0 aliphatic rings. The normalized spacial score (nSPS) is 10.3. The van der Waals surface area contributed by atoms with E-state index in [2.05, 4.69) is 15.5 Å². The number of carbonyl (C=O) groups excluding carboxylic acids is 1. The molecule has 0 bridgehead atoms. The number of para-hydroxylation sites is 2. The second-order valence-corrected chi connectivity index (χ2v) is 5.23. The molecule has 2 aromatic heterocycles. The Hall–Kier alpha value is -3.35. The van der Waals surface area contributed by atoms with Gasteiger partial charge in [-0.1, -0.05) is 17.3 Å². The molecule has 0 aliphatic carbocycles. The Labute approximate surface area is 144 Å². The maximum Gasteiger partial charge on any atom is 0.342 e. The lowest BCUT2D eigenvalue weighted by Gasteiger charge is -2.12. The molecule has 0 atom stereocenters. The molecule has 0 unspecified atom stereocenters. The summed E-state index contributed by atoms with van der Waals surface area (Å²) in [6.07, 6.45) is 1.59. The monoisotopic (exact) mass is 339 g/mol. The van der Waals surface area contributed by atoms with Crippen LogP contribution in [-0.4, -0.2) is 23.2 Å². The van der Waals surface area contributed by atoms with Gasteiger partial charge in [-0.2, -0.15) is 0 Å². The summed E-state index contributed by atoms with van der Waals surface area (Å²) in [5, 5.41) is 6.90. The highest BCUT2D eigenvalue weighted by molar-refractivity contribution is 5.95. The molecule has 0 fully saturated rings. The smallest absolute Gasteiger partial charge is 0.342 e. The molecule has 7 heteroatoms. The van der Waals surface area contributed by atoms with Crippen LogP contribution in [0.4, 0.5) is 11.5 Å². The maximum absolute atomic E-state index is 12.4. The minimum Gasteiger partial charge on any atom is -0.495 e. The van der Waals surface area contributed by atoms with Gasteiger partial charge in [-0.05, 0) is 31.2 Å². The van der Waals surface area contributed by atoms with Crippen LogP contribution in [0.25, 0.3) is 0 Å². The SMILES string of the molecule is COc1ccccc1Nc1ncccc1C(=O)OCc1cc(C)on1. The van der Waals surface area contributed by atoms with Gasteiger partial charge >= 0.3 is 5.97 Å². The molecular formula is C18H17N3O4. The number of nitrogens with zero attached hydrogens (tertiary/aromatic N) is 2. The van der Waals surface area contributed by atoms with E-state index >= 15 is 0 Å². The van der Waals surface area contributed by atoms with E-state index in [0.717, 1.165) is 0 Å². The molecule has 25 heavy (non-hydrogen) atoms. The first-order chi connectivity index (χ1) is 12.2. The summed E-state index contributed by atoms with van der Waals surface area (Å²) in [5.41, 5.74) is 1.56. The topological polar surface area (TPSA) is 86.5 Å². The molecular weight excluding hydrogens is 322 g/mol. The molecule has 1 N–H and O–H groups in total. The van der Waals surface area contributed by atoms with E-state index in [1.165, 1.54) is 0 Å². The summed E-state index contributed by atoms with van der Waals surface area (Å²) >= 11 is 0. The van der Waals surface area contributed by atoms with Gasteiger partial charge in [0.25, 0.3) is 0 Å². The number of hydrogen-bond donors (Lipinski definition) is 1. The van der Waals surface area contributed by atoms with Gasteiger partial charge in [0.1, 0.15) is 35.2 Å². The summed E-state index contributed by atoms with van der Waals surface area (Å²) in [6.45, 7) is 1.80. The van der Waals surface area contributed by atoms with Crippen molar-refractivity contribution in [3.8, 4) is 5.75 Å². The van der Waals surface area contributed by atoms with Gasteiger partial charge in [0, 0.05) is 12.3 Å². The largest absolute Gasteiger partial charge is 0.495 e. The van der Waals surface area contributed by atoms with Crippen LogP contribution in [-0.2, 0) is 11.3 Å². The standard InChI is InChI=1S/C18H17N3O4/c1-12-10-13(21-25-12)11-24-18(22)14-6-5-9-19-17(14)20-15-7-3-4-8-16(15)23-2/h3-10H,11H2,1-2H3,(H,19,20). The zero-order chi connectivity index (χ0) is 17.6. The number of hydrogen-bond acceptors (Lipinski definition) is 7. The molecule has 1 aromatic carbocycles. The number of benzene rings is 1. The summed E-state index contributed by atoms with van der Waals surface area (Å²) in [4.78, 5) is 16.6. The number of methoxy groups -OCH3 is 1. The molecule has 0 saturated heterocycles. The highest BCUT2D eigenvalue weighted by atomic mass is 16.5. The molecule has 0 aliphatic heterocycles. The molecule has 0 spiro atoms. The van der Waals surface area contributed by atoms with Crippen molar-refractivity contribution in [1.29, 1.82) is 0 Å². The molecule has 0 radical (unpaired) electrons. The number of aryl methyl sites for hydroxylation is 1. The summed E-state index contributed by atoms with van der Waals surface area (Å²) in [7, 11) is 1.58. The fourth-order valence-electron chi connectivity index (χ4n) is 2.25. The third-order valence-electron chi connectivity index (χ3n) is 3.42. The molecule has 3 rings (SSSR count). The minimum atomic E-state index is -0.508. The number of carbonyl (C=O) groups is 1. The predicted octanol–water partition coefficient (Wildman–Crippen LogP) is 3.49. The number of pyridine rings is 1. The number of nitrogens with one attached hydrogen (secondary N) is 1. The lowest BCUT2D eigenvalue weighted by molar-refractivity contribution is 0.0465. The average molecular weight is 339 g/mol. The Morgan fingerprint density at radius 2 is 2.08 bits per heavy atom. The Kier molecular flexibility index (Phi) is 4.94. The van der Waals surface area contributed by atoms with Gasteiger partial charge in [-0.15, -0.1) is 0 Å². The van der Waals surface area contributed by atoms with Crippen LogP contribution >= 0.6 is 0 Å². The average Bonchev–Trinajstić information content (AvgIpc) is 3.06. The lowest BCUT2D eigenvalue weighted by atomic mass is 10.2. The first-order valence-electron chi connectivity index (χ1n) is 7.62. The number of ether oxygens (including phenoxy) is 2. The van der Waals surface area contributed by atoms with Gasteiger partial charge in [0.05, 0.1) is 12.8 Å². The van der Waals surface area contributed by atoms with Gasteiger partial charge in [0.15, 0.2) is 0 Å². The quantitative estimate of drug-likeness (QED) is 0.688. The van der Waals surface area contributed by atoms with Crippen LogP contribution in [0.15, 0.2) is 53.2 Å². The van der Waals surface area contributed by atoms with Crippen molar-refractivity contribution in [3.63, 3.8) is 0 Å². The van der Waals surface area contributed by atoms with Crippen LogP contribution in [0.1, 0.15) is 21.8 Å². The van der Waals surface area contributed by atoms with E-state index in [4.69, 9.17) is 14.0 Å². The second-order valence-electron chi connectivity index (χ2n) is 5.23. The van der Waals surface area contributed by atoms with Crippen LogP contribution in [0.3, 0.4) is 0 Å². The summed E-state index contributed by atoms with van der Waals surface area (Å²) < 4.78 is 15.5. The molecule has 128 valence electrons. The Morgan fingerprint density at radius 1 is 1.24 bits per heavy atom. The van der Waals surface area contributed by atoms with Crippen LogP contribution < -0.4 is 10.1 Å². The molecule has 3 aromatic rings. The van der Waals surface area contributed by atoms with Crippen molar-refractivity contribution >= 4 is 17.5 Å². The lowest BCUT2D eigenvalue weighted by Crippen LogP contribution is -2.10. The van der Waals surface area contributed by atoms with Crippen molar-refractivity contribution in [2.24, 2.45) is 0 Å². The second kappa shape index (κ2) is 7.48. The Bertz CT molecular complexity index is 876. The fourth-order valence-corrected chi connectivity index (χ4v) is 2.25. The first kappa shape index (κ1) is 16.5. The van der Waals surface area contributed by atoms with Crippen molar-refractivity contribution < 1.29 is 18.8 Å². The van der Waals surface area contributed by atoms with E-state index in [1.807, 2.05) is 24.3 Å². The Balaban J connectivity index is 1.77. The van der Waals surface area contributed by atoms with E-state index in [-0.39, 0.29) is 6.61 Å². The fraction of sp³-hybridized carbons (Fsp3) is 0.167. The number of aromatic nitrogens is 2. The molecule has 2 heterocycles. The van der Waals surface area contributed by atoms with E-state index < -0.39 is 5.97 Å². The predicted molar refractivity (Wildman–Crippen MR) is 90.9 cm³/mol. The highest BCUT2D eigenvalue weighted by Crippen LogP contribution is 2.27. The van der Waals surface area contributed by atoms with Crippen LogP contribution in [0, 0.1) is 6.92 Å². The number of esters is 1. The van der Waals surface area contributed by atoms with Crippen LogP contribution in [0.5, 0.6) is 5.75 Å². The van der Waals surface area contributed by atoms with Gasteiger partial charge < -0.3 is 19.3 Å². The maximum atomic E-state index is 12.4. The van der Waals surface area contributed by atoms with E-state index in [1.54, 1.807) is 38.4 Å². The van der Waals surface area contributed by atoms with Crippen molar-refractivity contribution in [2.45, 2.75) is 13.5 Å². The van der Waals surface area contributed by atoms with Crippen molar-refractivity contribution in [2.75, 3.05) is 12.4 Å². The minimum absolute atomic E-state index is 0.0270.